The molecule has 1 heteroatoms. The van der Waals surface area contributed by atoms with E-state index in [0.29, 0.717) is 0 Å². The van der Waals surface area contributed by atoms with Gasteiger partial charge in [-0.1, -0.05) is 115 Å². The third kappa shape index (κ3) is 3.52. The lowest BCUT2D eigenvalue weighted by molar-refractivity contribution is 1.64. The minimum absolute atomic E-state index is 1.24. The summed E-state index contributed by atoms with van der Waals surface area (Å²) in [7, 11) is -1.69. The Bertz CT molecular complexity index is 786. The third-order valence-corrected chi connectivity index (χ3v) is 7.96. The van der Waals surface area contributed by atoms with Gasteiger partial charge in [-0.05, 0) is 16.3 Å². The molecular formula is C22H22Si. The van der Waals surface area contributed by atoms with Crippen molar-refractivity contribution in [3.63, 3.8) is 0 Å². The Hall–Kier alpha value is -2.38. The first-order valence-corrected chi connectivity index (χ1v) is 11.1. The Balaban J connectivity index is 2.00. The number of hydrogen-bond acceptors (Lipinski definition) is 0. The highest BCUT2D eigenvalue weighted by atomic mass is 28.3. The summed E-state index contributed by atoms with van der Waals surface area (Å²) in [5, 5.41) is 2.96. The maximum Gasteiger partial charge on any atom is 0.112 e. The molecule has 0 aromatic heterocycles. The highest BCUT2D eigenvalue weighted by Gasteiger charge is 2.27. The van der Waals surface area contributed by atoms with E-state index in [1.165, 1.54) is 21.5 Å². The highest BCUT2D eigenvalue weighted by Crippen LogP contribution is 2.12. The van der Waals surface area contributed by atoms with Gasteiger partial charge >= 0.3 is 0 Å². The summed E-state index contributed by atoms with van der Waals surface area (Å²) in [6, 6.07) is 30.2. The minimum atomic E-state index is -1.69. The lowest BCUT2D eigenvalue weighted by atomic mass is 10.1. The van der Waals surface area contributed by atoms with Crippen LogP contribution in [0.25, 0.3) is 12.2 Å². The van der Waals surface area contributed by atoms with E-state index < -0.39 is 8.07 Å². The topological polar surface area (TPSA) is 0 Å². The maximum absolute atomic E-state index is 2.43. The fourth-order valence-electron chi connectivity index (χ4n) is 2.97. The van der Waals surface area contributed by atoms with Crippen molar-refractivity contribution >= 4 is 30.6 Å². The van der Waals surface area contributed by atoms with E-state index in [0.717, 1.165) is 0 Å². The maximum atomic E-state index is 2.43. The lowest BCUT2D eigenvalue weighted by Crippen LogP contribution is -2.53. The van der Waals surface area contributed by atoms with Crippen molar-refractivity contribution < 1.29 is 0 Å². The molecule has 0 bridgehead atoms. The zero-order chi connectivity index (χ0) is 16.1. The molecule has 3 rings (SSSR count). The van der Waals surface area contributed by atoms with Gasteiger partial charge in [-0.25, -0.2) is 0 Å². The van der Waals surface area contributed by atoms with Crippen LogP contribution >= 0.6 is 0 Å². The van der Waals surface area contributed by atoms with Crippen LogP contribution in [0.15, 0.2) is 84.9 Å². The summed E-state index contributed by atoms with van der Waals surface area (Å²) in [5.41, 5.74) is 2.57. The van der Waals surface area contributed by atoms with Gasteiger partial charge in [0.2, 0.25) is 0 Å². The van der Waals surface area contributed by atoms with Gasteiger partial charge < -0.3 is 0 Å². The van der Waals surface area contributed by atoms with Crippen molar-refractivity contribution in [2.45, 2.75) is 13.1 Å². The van der Waals surface area contributed by atoms with Crippen LogP contribution in [0.2, 0.25) is 13.1 Å². The fraction of sp³-hybridized carbons (Fsp3) is 0.0909. The van der Waals surface area contributed by atoms with E-state index in [9.17, 15) is 0 Å². The monoisotopic (exact) mass is 314 g/mol. The molecule has 3 aromatic rings. The largest absolute Gasteiger partial charge is 0.112 e. The fourth-order valence-corrected chi connectivity index (χ4v) is 5.71. The molecule has 0 aliphatic rings. The van der Waals surface area contributed by atoms with Gasteiger partial charge in [-0.3, -0.25) is 0 Å². The van der Waals surface area contributed by atoms with Crippen molar-refractivity contribution in [2.24, 2.45) is 0 Å². The van der Waals surface area contributed by atoms with E-state index in [1.807, 2.05) is 0 Å². The van der Waals surface area contributed by atoms with E-state index in [-0.39, 0.29) is 0 Å². The van der Waals surface area contributed by atoms with Crippen LogP contribution in [0.5, 0.6) is 0 Å². The smallest absolute Gasteiger partial charge is 0.0626 e. The standard InChI is InChI=1S/C22H22Si/c1-23(2,21-14-7-4-8-15-21)22-16-10-9-13-20(22)18-17-19-11-5-3-6-12-19/h3-18H,1-2H3/b18-17+. The molecular weight excluding hydrogens is 292 g/mol. The summed E-state index contributed by atoms with van der Waals surface area (Å²) in [6.07, 6.45) is 4.46. The van der Waals surface area contributed by atoms with Gasteiger partial charge in [0, 0.05) is 0 Å². The van der Waals surface area contributed by atoms with Gasteiger partial charge in [0.25, 0.3) is 0 Å². The average Bonchev–Trinajstić information content (AvgIpc) is 2.62. The first kappa shape index (κ1) is 15.5. The van der Waals surface area contributed by atoms with Crippen molar-refractivity contribution in [3.05, 3.63) is 96.1 Å². The molecule has 0 heterocycles. The van der Waals surface area contributed by atoms with Crippen molar-refractivity contribution in [1.82, 2.24) is 0 Å². The first-order chi connectivity index (χ1) is 11.2. The second-order valence-corrected chi connectivity index (χ2v) is 10.7. The molecule has 0 fully saturated rings. The van der Waals surface area contributed by atoms with Crippen LogP contribution in [0.4, 0.5) is 0 Å². The number of hydrogen-bond donors (Lipinski definition) is 0. The van der Waals surface area contributed by atoms with Crippen molar-refractivity contribution in [2.75, 3.05) is 0 Å². The Morgan fingerprint density at radius 1 is 0.609 bits per heavy atom. The molecule has 0 nitrogen and oxygen atoms in total. The molecule has 0 unspecified atom stereocenters. The Kier molecular flexibility index (Phi) is 4.59. The Labute approximate surface area is 140 Å². The molecule has 0 atom stereocenters. The van der Waals surface area contributed by atoms with Crippen molar-refractivity contribution in [1.29, 1.82) is 0 Å². The van der Waals surface area contributed by atoms with E-state index in [1.54, 1.807) is 0 Å². The van der Waals surface area contributed by atoms with Crippen LogP contribution in [-0.4, -0.2) is 8.07 Å². The number of rotatable bonds is 4. The minimum Gasteiger partial charge on any atom is -0.0626 e. The summed E-state index contributed by atoms with van der Waals surface area (Å²) in [5.74, 6) is 0. The second-order valence-electron chi connectivity index (χ2n) is 6.32. The number of benzene rings is 3. The highest BCUT2D eigenvalue weighted by molar-refractivity contribution is 7.00. The SMILES string of the molecule is C[Si](C)(c1ccccc1)c1ccccc1/C=C/c1ccccc1. The summed E-state index contributed by atoms with van der Waals surface area (Å²) in [6.45, 7) is 4.86. The van der Waals surface area contributed by atoms with Gasteiger partial charge in [-0.2, -0.15) is 0 Å². The van der Waals surface area contributed by atoms with E-state index in [2.05, 4.69) is 110 Å². The zero-order valence-corrected chi connectivity index (χ0v) is 14.7. The molecule has 0 radical (unpaired) electrons. The van der Waals surface area contributed by atoms with Crippen LogP contribution < -0.4 is 10.4 Å². The molecule has 23 heavy (non-hydrogen) atoms. The summed E-state index contributed by atoms with van der Waals surface area (Å²) >= 11 is 0. The molecule has 0 spiro atoms. The van der Waals surface area contributed by atoms with Crippen LogP contribution in [0.3, 0.4) is 0 Å². The second kappa shape index (κ2) is 6.80. The molecule has 0 N–H and O–H groups in total. The predicted molar refractivity (Wildman–Crippen MR) is 105 cm³/mol. The Morgan fingerprint density at radius 3 is 1.87 bits per heavy atom. The van der Waals surface area contributed by atoms with Crippen LogP contribution in [-0.2, 0) is 0 Å². The predicted octanol–water partition coefficient (Wildman–Crippen LogP) is 4.68. The van der Waals surface area contributed by atoms with Crippen molar-refractivity contribution in [3.8, 4) is 0 Å². The first-order valence-electron chi connectivity index (χ1n) is 8.06. The molecule has 0 saturated carbocycles. The normalized spacial score (nSPS) is 11.7. The molecule has 0 saturated heterocycles. The average molecular weight is 315 g/mol. The molecule has 0 aliphatic carbocycles. The molecule has 0 amide bonds. The molecule has 114 valence electrons. The van der Waals surface area contributed by atoms with E-state index >= 15 is 0 Å². The van der Waals surface area contributed by atoms with Gasteiger partial charge in [0.05, 0.1) is 0 Å². The van der Waals surface area contributed by atoms with Gasteiger partial charge in [-0.15, -0.1) is 0 Å². The summed E-state index contributed by atoms with van der Waals surface area (Å²) < 4.78 is 0. The third-order valence-electron chi connectivity index (χ3n) is 4.38. The van der Waals surface area contributed by atoms with Gasteiger partial charge in [0.1, 0.15) is 8.07 Å². The molecule has 0 aliphatic heterocycles. The summed E-state index contributed by atoms with van der Waals surface area (Å²) in [4.78, 5) is 0. The van der Waals surface area contributed by atoms with Crippen LogP contribution in [0, 0.1) is 0 Å². The lowest BCUT2D eigenvalue weighted by Gasteiger charge is -2.25. The van der Waals surface area contributed by atoms with E-state index in [4.69, 9.17) is 0 Å². The zero-order valence-electron chi connectivity index (χ0n) is 13.7. The molecule has 3 aromatic carbocycles. The quantitative estimate of drug-likeness (QED) is 0.484. The van der Waals surface area contributed by atoms with Gasteiger partial charge in [0.15, 0.2) is 0 Å². The Morgan fingerprint density at radius 2 is 1.17 bits per heavy atom. The van der Waals surface area contributed by atoms with Crippen LogP contribution in [0.1, 0.15) is 11.1 Å².